The van der Waals surface area contributed by atoms with Crippen molar-refractivity contribution in [3.8, 4) is 6.07 Å². The van der Waals surface area contributed by atoms with Gasteiger partial charge in [0, 0.05) is 48.5 Å². The molecular formula is C26H19ClN4O3. The molecule has 34 heavy (non-hydrogen) atoms. The van der Waals surface area contributed by atoms with E-state index < -0.39 is 5.97 Å². The zero-order chi connectivity index (χ0) is 23.7. The van der Waals surface area contributed by atoms with E-state index in [4.69, 9.17) is 21.6 Å². The van der Waals surface area contributed by atoms with E-state index in [2.05, 4.69) is 16.0 Å². The van der Waals surface area contributed by atoms with Crippen molar-refractivity contribution in [2.75, 3.05) is 31.1 Å². The number of ether oxygens (including phenoxy) is 1. The van der Waals surface area contributed by atoms with Crippen LogP contribution in [0.2, 0.25) is 5.02 Å². The zero-order valence-electron chi connectivity index (χ0n) is 18.1. The van der Waals surface area contributed by atoms with E-state index in [-0.39, 0.29) is 5.91 Å². The van der Waals surface area contributed by atoms with Crippen LogP contribution in [0.3, 0.4) is 0 Å². The Morgan fingerprint density at radius 1 is 1.06 bits per heavy atom. The van der Waals surface area contributed by atoms with Gasteiger partial charge in [-0.3, -0.25) is 4.79 Å². The summed E-state index contributed by atoms with van der Waals surface area (Å²) in [5, 5.41) is 9.45. The second-order valence-corrected chi connectivity index (χ2v) is 8.45. The Morgan fingerprint density at radius 2 is 1.88 bits per heavy atom. The fraction of sp³-hybridized carbons (Fsp3) is 0.154. The first-order chi connectivity index (χ1) is 16.5. The Balaban J connectivity index is 1.29. The van der Waals surface area contributed by atoms with Crippen LogP contribution in [0.1, 0.15) is 37.4 Å². The standard InChI is InChI=1S/C26H19ClN4O3/c27-20-5-6-21-22(14-20)23(34-26(21)33)13-17-2-1-3-19(12-17)25(32)31-10-8-30(9-11-31)24-7-4-18(15-28)16-29-24/h1-7,12-14,16H,8-11H2/b23-13-. The van der Waals surface area contributed by atoms with Gasteiger partial charge in [0.2, 0.25) is 0 Å². The topological polar surface area (TPSA) is 86.5 Å². The minimum absolute atomic E-state index is 0.0560. The van der Waals surface area contributed by atoms with Gasteiger partial charge >= 0.3 is 5.97 Å². The number of nitriles is 1. The van der Waals surface area contributed by atoms with Crippen molar-refractivity contribution in [1.29, 1.82) is 5.26 Å². The normalized spacial score (nSPS) is 16.2. The van der Waals surface area contributed by atoms with Crippen LogP contribution in [0.4, 0.5) is 5.82 Å². The number of halogens is 1. The minimum Gasteiger partial charge on any atom is -0.422 e. The third-order valence-electron chi connectivity index (χ3n) is 5.87. The molecule has 8 heteroatoms. The number of amides is 1. The second kappa shape index (κ2) is 9.00. The van der Waals surface area contributed by atoms with Gasteiger partial charge in [-0.05, 0) is 54.1 Å². The number of fused-ring (bicyclic) bond motifs is 1. The van der Waals surface area contributed by atoms with Crippen molar-refractivity contribution in [3.05, 3.63) is 93.6 Å². The van der Waals surface area contributed by atoms with Crippen molar-refractivity contribution >= 4 is 41.1 Å². The van der Waals surface area contributed by atoms with Gasteiger partial charge in [0.05, 0.1) is 11.1 Å². The molecule has 2 aliphatic heterocycles. The number of hydrogen-bond donors (Lipinski definition) is 0. The molecule has 0 bridgehead atoms. The Bertz CT molecular complexity index is 1350. The van der Waals surface area contributed by atoms with Gasteiger partial charge in [0.1, 0.15) is 17.6 Å². The van der Waals surface area contributed by atoms with Gasteiger partial charge in [-0.1, -0.05) is 23.7 Å². The first-order valence-corrected chi connectivity index (χ1v) is 11.1. The maximum atomic E-state index is 13.1. The summed E-state index contributed by atoms with van der Waals surface area (Å²) >= 11 is 6.09. The molecule has 0 spiro atoms. The molecule has 0 aliphatic carbocycles. The fourth-order valence-electron chi connectivity index (χ4n) is 4.09. The maximum absolute atomic E-state index is 13.1. The average Bonchev–Trinajstić information content (AvgIpc) is 3.18. The molecule has 7 nitrogen and oxygen atoms in total. The van der Waals surface area contributed by atoms with Crippen molar-refractivity contribution in [2.45, 2.75) is 0 Å². The number of rotatable bonds is 3. The Kier molecular flexibility index (Phi) is 5.74. The Morgan fingerprint density at radius 3 is 2.62 bits per heavy atom. The van der Waals surface area contributed by atoms with Crippen LogP contribution in [-0.2, 0) is 4.74 Å². The lowest BCUT2D eigenvalue weighted by Crippen LogP contribution is -2.49. The van der Waals surface area contributed by atoms with Gasteiger partial charge in [-0.25, -0.2) is 9.78 Å². The summed E-state index contributed by atoms with van der Waals surface area (Å²) in [6.07, 6.45) is 3.30. The van der Waals surface area contributed by atoms with Crippen LogP contribution in [0.25, 0.3) is 11.8 Å². The van der Waals surface area contributed by atoms with E-state index in [0.29, 0.717) is 59.2 Å². The number of carbonyl (C=O) groups excluding carboxylic acids is 2. The summed E-state index contributed by atoms with van der Waals surface area (Å²) in [6.45, 7) is 2.44. The summed E-state index contributed by atoms with van der Waals surface area (Å²) in [5.41, 5.74) is 2.95. The van der Waals surface area contributed by atoms with E-state index in [1.807, 2.05) is 23.1 Å². The molecule has 1 aromatic heterocycles. The number of nitrogens with zero attached hydrogens (tertiary/aromatic N) is 4. The van der Waals surface area contributed by atoms with E-state index in [1.54, 1.807) is 48.7 Å². The third-order valence-corrected chi connectivity index (χ3v) is 6.10. The fourth-order valence-corrected chi connectivity index (χ4v) is 4.26. The van der Waals surface area contributed by atoms with Crippen LogP contribution in [0.15, 0.2) is 60.8 Å². The molecule has 168 valence electrons. The van der Waals surface area contributed by atoms with E-state index >= 15 is 0 Å². The molecule has 3 aromatic rings. The maximum Gasteiger partial charge on any atom is 0.344 e. The smallest absolute Gasteiger partial charge is 0.344 e. The largest absolute Gasteiger partial charge is 0.422 e. The molecular weight excluding hydrogens is 452 g/mol. The number of esters is 1. The van der Waals surface area contributed by atoms with Gasteiger partial charge in [-0.2, -0.15) is 5.26 Å². The highest BCUT2D eigenvalue weighted by atomic mass is 35.5. The lowest BCUT2D eigenvalue weighted by Gasteiger charge is -2.35. The van der Waals surface area contributed by atoms with Crippen molar-refractivity contribution in [2.24, 2.45) is 0 Å². The molecule has 1 fully saturated rings. The predicted molar refractivity (Wildman–Crippen MR) is 128 cm³/mol. The number of pyridine rings is 1. The lowest BCUT2D eigenvalue weighted by molar-refractivity contribution is 0.0714. The number of anilines is 1. The Hall–Kier alpha value is -4.15. The lowest BCUT2D eigenvalue weighted by atomic mass is 10.0. The number of benzene rings is 2. The quantitative estimate of drug-likeness (QED) is 0.532. The molecule has 3 heterocycles. The first-order valence-electron chi connectivity index (χ1n) is 10.8. The van der Waals surface area contributed by atoms with Gasteiger partial charge in [-0.15, -0.1) is 0 Å². The molecule has 0 unspecified atom stereocenters. The highest BCUT2D eigenvalue weighted by Crippen LogP contribution is 2.33. The number of carbonyl (C=O) groups is 2. The molecule has 2 aliphatic rings. The van der Waals surface area contributed by atoms with Gasteiger partial charge in [0.25, 0.3) is 5.91 Å². The summed E-state index contributed by atoms with van der Waals surface area (Å²) in [7, 11) is 0. The van der Waals surface area contributed by atoms with Crippen molar-refractivity contribution in [3.63, 3.8) is 0 Å². The summed E-state index contributed by atoms with van der Waals surface area (Å²) in [5.74, 6) is 0.737. The van der Waals surface area contributed by atoms with Crippen LogP contribution in [0, 0.1) is 11.3 Å². The van der Waals surface area contributed by atoms with Gasteiger partial charge in [0.15, 0.2) is 0 Å². The minimum atomic E-state index is -0.417. The van der Waals surface area contributed by atoms with Crippen molar-refractivity contribution in [1.82, 2.24) is 9.88 Å². The SMILES string of the molecule is N#Cc1ccc(N2CCN(C(=O)c3cccc(/C=C4\OC(=O)c5ccc(Cl)cc54)c3)CC2)nc1. The molecule has 1 amide bonds. The molecule has 2 aromatic carbocycles. The Labute approximate surface area is 201 Å². The molecule has 1 saturated heterocycles. The first kappa shape index (κ1) is 21.7. The van der Waals surface area contributed by atoms with Crippen LogP contribution < -0.4 is 4.90 Å². The number of hydrogen-bond acceptors (Lipinski definition) is 6. The highest BCUT2D eigenvalue weighted by Gasteiger charge is 2.27. The van der Waals surface area contributed by atoms with Crippen LogP contribution in [0.5, 0.6) is 0 Å². The second-order valence-electron chi connectivity index (χ2n) is 8.01. The van der Waals surface area contributed by atoms with Crippen LogP contribution in [-0.4, -0.2) is 47.9 Å². The molecule has 5 rings (SSSR count). The number of aromatic nitrogens is 1. The summed E-state index contributed by atoms with van der Waals surface area (Å²) in [6, 6.07) is 17.9. The average molecular weight is 471 g/mol. The summed E-state index contributed by atoms with van der Waals surface area (Å²) in [4.78, 5) is 33.5. The van der Waals surface area contributed by atoms with E-state index in [1.165, 1.54) is 0 Å². The van der Waals surface area contributed by atoms with Crippen molar-refractivity contribution < 1.29 is 14.3 Å². The monoisotopic (exact) mass is 470 g/mol. The zero-order valence-corrected chi connectivity index (χ0v) is 18.8. The molecule has 0 radical (unpaired) electrons. The van der Waals surface area contributed by atoms with E-state index in [0.717, 1.165) is 11.4 Å². The van der Waals surface area contributed by atoms with Crippen LogP contribution >= 0.6 is 11.6 Å². The predicted octanol–water partition coefficient (Wildman–Crippen LogP) is 4.24. The number of piperazine rings is 1. The van der Waals surface area contributed by atoms with Gasteiger partial charge < -0.3 is 14.5 Å². The summed E-state index contributed by atoms with van der Waals surface area (Å²) < 4.78 is 5.41. The highest BCUT2D eigenvalue weighted by molar-refractivity contribution is 6.31. The third kappa shape index (κ3) is 4.24. The molecule has 0 N–H and O–H groups in total. The molecule has 0 atom stereocenters. The number of cyclic esters (lactones) is 1. The van der Waals surface area contributed by atoms with E-state index in [9.17, 15) is 9.59 Å². The molecule has 0 saturated carbocycles.